The number of rotatable bonds is 1. The third-order valence-corrected chi connectivity index (χ3v) is 2.34. The number of nitrogens with two attached hydrogens (primary N) is 1. The van der Waals surface area contributed by atoms with Crippen LogP contribution < -0.4 is 5.73 Å². The molecule has 0 unspecified atom stereocenters. The van der Waals surface area contributed by atoms with Gasteiger partial charge in [-0.15, -0.1) is 0 Å². The molecule has 0 radical (unpaired) electrons. The number of hydrogen-bond donors (Lipinski definition) is 1. The minimum atomic E-state index is 0.366. The van der Waals surface area contributed by atoms with Crippen molar-refractivity contribution in [1.29, 1.82) is 0 Å². The van der Waals surface area contributed by atoms with Gasteiger partial charge in [0, 0.05) is 18.0 Å². The third kappa shape index (κ3) is 1.98. The molecule has 0 saturated heterocycles. The molecule has 6 heteroatoms. The standard InChI is InChI=1S/C8H6ClIN4/c9-7-1-6(11)2-8(13-7)14-4-5(10)3-12-14/h1-4H,(H2,11,13). The number of nitrogens with zero attached hydrogens (tertiary/aromatic N) is 3. The fraction of sp³-hybridized carbons (Fsp3) is 0. The van der Waals surface area contributed by atoms with Crippen molar-refractivity contribution in [1.82, 2.24) is 14.8 Å². The Bertz CT molecular complexity index is 448. The van der Waals surface area contributed by atoms with Gasteiger partial charge in [0.05, 0.1) is 9.77 Å². The molecule has 2 aromatic heterocycles. The first-order chi connectivity index (χ1) is 6.65. The second-order valence-electron chi connectivity index (χ2n) is 2.68. The first-order valence-electron chi connectivity index (χ1n) is 3.79. The summed E-state index contributed by atoms with van der Waals surface area (Å²) < 4.78 is 2.66. The summed E-state index contributed by atoms with van der Waals surface area (Å²) in [6.07, 6.45) is 3.58. The summed E-state index contributed by atoms with van der Waals surface area (Å²) in [6, 6.07) is 3.31. The predicted octanol–water partition coefficient (Wildman–Crippen LogP) is 2.11. The quantitative estimate of drug-likeness (QED) is 0.647. The lowest BCUT2D eigenvalue weighted by molar-refractivity contribution is 0.847. The highest BCUT2D eigenvalue weighted by Crippen LogP contribution is 2.15. The molecule has 2 N–H and O–H groups in total. The molecule has 14 heavy (non-hydrogen) atoms. The Balaban J connectivity index is 2.51. The normalized spacial score (nSPS) is 10.4. The zero-order valence-electron chi connectivity index (χ0n) is 6.98. The predicted molar refractivity (Wildman–Crippen MR) is 63.5 cm³/mol. The molecule has 0 aliphatic carbocycles. The number of halogens is 2. The maximum Gasteiger partial charge on any atom is 0.157 e. The summed E-state index contributed by atoms with van der Waals surface area (Å²) in [7, 11) is 0. The summed E-state index contributed by atoms with van der Waals surface area (Å²) in [5.74, 6) is 0.623. The molecule has 0 spiro atoms. The van der Waals surface area contributed by atoms with Crippen molar-refractivity contribution in [3.8, 4) is 5.82 Å². The van der Waals surface area contributed by atoms with Gasteiger partial charge in [-0.2, -0.15) is 5.10 Å². The van der Waals surface area contributed by atoms with E-state index in [0.717, 1.165) is 3.57 Å². The first-order valence-corrected chi connectivity index (χ1v) is 5.24. The molecule has 0 aromatic carbocycles. The smallest absolute Gasteiger partial charge is 0.157 e. The molecular formula is C8H6ClIN4. The minimum Gasteiger partial charge on any atom is -0.399 e. The van der Waals surface area contributed by atoms with E-state index in [4.69, 9.17) is 17.3 Å². The fourth-order valence-corrected chi connectivity index (χ4v) is 1.65. The average molecular weight is 321 g/mol. The molecule has 0 fully saturated rings. The summed E-state index contributed by atoms with van der Waals surface area (Å²) in [6.45, 7) is 0. The molecule has 2 rings (SSSR count). The number of nitrogen functional groups attached to an aromatic ring is 1. The van der Waals surface area contributed by atoms with Crippen LogP contribution in [-0.4, -0.2) is 14.8 Å². The Morgan fingerprint density at radius 1 is 1.43 bits per heavy atom. The topological polar surface area (TPSA) is 56.7 Å². The summed E-state index contributed by atoms with van der Waals surface area (Å²) >= 11 is 7.94. The molecule has 0 atom stereocenters. The van der Waals surface area contributed by atoms with Crippen molar-refractivity contribution in [3.05, 3.63) is 33.2 Å². The Morgan fingerprint density at radius 2 is 2.21 bits per heavy atom. The van der Waals surface area contributed by atoms with Gasteiger partial charge in [-0.25, -0.2) is 9.67 Å². The summed E-state index contributed by atoms with van der Waals surface area (Å²) in [5, 5.41) is 4.47. The Kier molecular flexibility index (Phi) is 2.60. The number of aromatic nitrogens is 3. The van der Waals surface area contributed by atoms with Gasteiger partial charge in [0.25, 0.3) is 0 Å². The van der Waals surface area contributed by atoms with Crippen molar-refractivity contribution in [2.24, 2.45) is 0 Å². The van der Waals surface area contributed by atoms with E-state index in [0.29, 0.717) is 16.7 Å². The lowest BCUT2D eigenvalue weighted by Crippen LogP contribution is -1.99. The summed E-state index contributed by atoms with van der Waals surface area (Å²) in [5.41, 5.74) is 6.21. The molecule has 0 aliphatic heterocycles. The number of pyridine rings is 1. The molecule has 2 heterocycles. The van der Waals surface area contributed by atoms with Crippen LogP contribution in [0.4, 0.5) is 5.69 Å². The van der Waals surface area contributed by atoms with Crippen molar-refractivity contribution in [3.63, 3.8) is 0 Å². The van der Waals surface area contributed by atoms with Crippen LogP contribution in [0, 0.1) is 3.57 Å². The number of anilines is 1. The first kappa shape index (κ1) is 9.72. The van der Waals surface area contributed by atoms with Crippen LogP contribution >= 0.6 is 34.2 Å². The van der Waals surface area contributed by atoms with Crippen molar-refractivity contribution < 1.29 is 0 Å². The van der Waals surface area contributed by atoms with Gasteiger partial charge < -0.3 is 5.73 Å². The minimum absolute atomic E-state index is 0.366. The average Bonchev–Trinajstić information content (AvgIpc) is 2.50. The largest absolute Gasteiger partial charge is 0.399 e. The van der Waals surface area contributed by atoms with Crippen LogP contribution in [-0.2, 0) is 0 Å². The molecule has 4 nitrogen and oxygen atoms in total. The van der Waals surface area contributed by atoms with Crippen LogP contribution in [0.5, 0.6) is 0 Å². The van der Waals surface area contributed by atoms with Crippen LogP contribution in [0.1, 0.15) is 0 Å². The zero-order chi connectivity index (χ0) is 10.1. The van der Waals surface area contributed by atoms with E-state index in [9.17, 15) is 0 Å². The van der Waals surface area contributed by atoms with Gasteiger partial charge in [0.1, 0.15) is 5.15 Å². The maximum atomic E-state index is 5.77. The van der Waals surface area contributed by atoms with Crippen LogP contribution in [0.3, 0.4) is 0 Å². The van der Waals surface area contributed by atoms with Gasteiger partial charge in [0.2, 0.25) is 0 Å². The highest BCUT2D eigenvalue weighted by Gasteiger charge is 2.02. The van der Waals surface area contributed by atoms with Gasteiger partial charge in [-0.05, 0) is 28.7 Å². The molecule has 0 aliphatic rings. The van der Waals surface area contributed by atoms with E-state index in [2.05, 4.69) is 32.7 Å². The monoisotopic (exact) mass is 320 g/mol. The van der Waals surface area contributed by atoms with Gasteiger partial charge in [0.15, 0.2) is 5.82 Å². The molecule has 0 bridgehead atoms. The Labute approximate surface area is 99.2 Å². The van der Waals surface area contributed by atoms with E-state index in [-0.39, 0.29) is 0 Å². The highest BCUT2D eigenvalue weighted by atomic mass is 127. The van der Waals surface area contributed by atoms with Gasteiger partial charge in [-0.1, -0.05) is 11.6 Å². The fourth-order valence-electron chi connectivity index (χ4n) is 1.05. The van der Waals surface area contributed by atoms with Crippen molar-refractivity contribution in [2.75, 3.05) is 5.73 Å². The number of hydrogen-bond acceptors (Lipinski definition) is 3. The van der Waals surface area contributed by atoms with E-state index in [1.165, 1.54) is 0 Å². The molecule has 0 saturated carbocycles. The van der Waals surface area contributed by atoms with Crippen molar-refractivity contribution >= 4 is 39.9 Å². The molecule has 72 valence electrons. The second kappa shape index (κ2) is 3.74. The van der Waals surface area contributed by atoms with Gasteiger partial charge >= 0.3 is 0 Å². The van der Waals surface area contributed by atoms with Gasteiger partial charge in [-0.3, -0.25) is 0 Å². The van der Waals surface area contributed by atoms with E-state index >= 15 is 0 Å². The van der Waals surface area contributed by atoms with E-state index in [1.54, 1.807) is 23.0 Å². The highest BCUT2D eigenvalue weighted by molar-refractivity contribution is 14.1. The molecule has 0 amide bonds. The Hall–Kier alpha value is -0.820. The zero-order valence-corrected chi connectivity index (χ0v) is 9.90. The maximum absolute atomic E-state index is 5.77. The second-order valence-corrected chi connectivity index (χ2v) is 4.32. The van der Waals surface area contributed by atoms with Crippen LogP contribution in [0.2, 0.25) is 5.15 Å². The third-order valence-electron chi connectivity index (χ3n) is 1.59. The van der Waals surface area contributed by atoms with Crippen LogP contribution in [0.25, 0.3) is 5.82 Å². The van der Waals surface area contributed by atoms with Crippen LogP contribution in [0.15, 0.2) is 24.5 Å². The molecular weight excluding hydrogens is 314 g/mol. The molecule has 2 aromatic rings. The Morgan fingerprint density at radius 3 is 2.79 bits per heavy atom. The van der Waals surface area contributed by atoms with E-state index in [1.807, 2.05) is 6.20 Å². The summed E-state index contributed by atoms with van der Waals surface area (Å²) in [4.78, 5) is 4.10. The lowest BCUT2D eigenvalue weighted by atomic mass is 10.4. The van der Waals surface area contributed by atoms with Crippen molar-refractivity contribution in [2.45, 2.75) is 0 Å². The van der Waals surface area contributed by atoms with E-state index < -0.39 is 0 Å². The SMILES string of the molecule is Nc1cc(Cl)nc(-n2cc(I)cn2)c1. The lowest BCUT2D eigenvalue weighted by Gasteiger charge is -2.01.